The van der Waals surface area contributed by atoms with Crippen molar-refractivity contribution in [1.82, 2.24) is 20.9 Å². The van der Waals surface area contributed by atoms with Crippen LogP contribution >= 0.6 is 0 Å². The number of nitrogens with zero attached hydrogens (tertiary/aromatic N) is 1. The summed E-state index contributed by atoms with van der Waals surface area (Å²) in [6.07, 6.45) is 0.649. The van der Waals surface area contributed by atoms with Gasteiger partial charge in [-0.15, -0.1) is 0 Å². The summed E-state index contributed by atoms with van der Waals surface area (Å²) in [4.78, 5) is 37.9. The Morgan fingerprint density at radius 1 is 1.26 bits per heavy atom. The number of hydrogen-bond acceptors (Lipinski definition) is 6. The predicted octanol–water partition coefficient (Wildman–Crippen LogP) is -0.474. The Labute approximate surface area is 157 Å². The second-order valence-electron chi connectivity index (χ2n) is 7.25. The van der Waals surface area contributed by atoms with Crippen LogP contribution in [0.25, 0.3) is 0 Å². The van der Waals surface area contributed by atoms with Crippen LogP contribution in [0.15, 0.2) is 18.2 Å². The number of amides is 3. The van der Waals surface area contributed by atoms with E-state index in [4.69, 9.17) is 4.74 Å². The van der Waals surface area contributed by atoms with Crippen LogP contribution in [0.3, 0.4) is 0 Å². The number of imide groups is 1. The second kappa shape index (κ2) is 7.75. The summed E-state index contributed by atoms with van der Waals surface area (Å²) in [6.45, 7) is 4.17. The molecule has 3 N–H and O–H groups in total. The van der Waals surface area contributed by atoms with Gasteiger partial charge in [-0.3, -0.25) is 19.7 Å². The average molecular weight is 372 g/mol. The molecule has 0 aromatic heterocycles. The molecule has 0 radical (unpaired) electrons. The number of hydrogen-bond donors (Lipinski definition) is 3. The van der Waals surface area contributed by atoms with Gasteiger partial charge >= 0.3 is 0 Å². The third-order valence-corrected chi connectivity index (χ3v) is 5.32. The predicted molar refractivity (Wildman–Crippen MR) is 96.8 cm³/mol. The van der Waals surface area contributed by atoms with E-state index >= 15 is 0 Å². The minimum Gasteiger partial charge on any atom is -0.378 e. The Bertz CT molecular complexity index is 758. The molecule has 8 nitrogen and oxygen atoms in total. The van der Waals surface area contributed by atoms with Crippen molar-refractivity contribution in [1.29, 1.82) is 0 Å². The number of nitrogens with one attached hydrogen (secondary N) is 3. The maximum atomic E-state index is 12.8. The van der Waals surface area contributed by atoms with Crippen molar-refractivity contribution in [2.45, 2.75) is 38.0 Å². The smallest absolute Gasteiger partial charge is 0.255 e. The molecule has 0 aliphatic carbocycles. The van der Waals surface area contributed by atoms with Gasteiger partial charge in [0.25, 0.3) is 5.91 Å². The van der Waals surface area contributed by atoms with Crippen molar-refractivity contribution in [3.8, 4) is 0 Å². The quantitative estimate of drug-likeness (QED) is 0.618. The van der Waals surface area contributed by atoms with Gasteiger partial charge in [-0.25, -0.2) is 0 Å². The van der Waals surface area contributed by atoms with Crippen molar-refractivity contribution in [2.75, 3.05) is 26.3 Å². The molecule has 144 valence electrons. The first-order valence-electron chi connectivity index (χ1n) is 9.40. The second-order valence-corrected chi connectivity index (χ2v) is 7.25. The molecule has 8 heteroatoms. The zero-order valence-corrected chi connectivity index (χ0v) is 15.1. The standard InChI is InChI=1S/C19H24N4O4/c24-17-4-3-16(18(25)22-17)23-10-13-2-1-12(7-15(13)19(23)26)8-21-14-9-20-5-6-27-11-14/h1-2,7,14,16,20-21H,3-6,8-11H2,(H,22,24,25). The molecule has 0 spiro atoms. The van der Waals surface area contributed by atoms with Crippen molar-refractivity contribution in [3.05, 3.63) is 34.9 Å². The van der Waals surface area contributed by atoms with Gasteiger partial charge in [0.05, 0.1) is 13.2 Å². The maximum absolute atomic E-state index is 12.8. The molecule has 3 aliphatic heterocycles. The molecule has 1 aromatic carbocycles. The van der Waals surface area contributed by atoms with E-state index in [2.05, 4.69) is 16.0 Å². The lowest BCUT2D eigenvalue weighted by atomic mass is 10.0. The number of benzene rings is 1. The van der Waals surface area contributed by atoms with Crippen LogP contribution in [0.4, 0.5) is 0 Å². The van der Waals surface area contributed by atoms with Gasteiger partial charge in [0.15, 0.2) is 0 Å². The fourth-order valence-corrected chi connectivity index (χ4v) is 3.81. The highest BCUT2D eigenvalue weighted by Crippen LogP contribution is 2.28. The van der Waals surface area contributed by atoms with Crippen LogP contribution in [-0.4, -0.2) is 61.0 Å². The molecule has 3 aliphatic rings. The van der Waals surface area contributed by atoms with E-state index in [9.17, 15) is 14.4 Å². The van der Waals surface area contributed by atoms with Gasteiger partial charge in [0.1, 0.15) is 6.04 Å². The zero-order chi connectivity index (χ0) is 18.8. The van der Waals surface area contributed by atoms with Crippen LogP contribution in [0, 0.1) is 0 Å². The molecular formula is C19H24N4O4. The number of piperidine rings is 1. The average Bonchev–Trinajstić information content (AvgIpc) is 2.84. The van der Waals surface area contributed by atoms with Gasteiger partial charge < -0.3 is 20.3 Å². The van der Waals surface area contributed by atoms with Crippen molar-refractivity contribution in [2.24, 2.45) is 0 Å². The molecule has 4 rings (SSSR count). The maximum Gasteiger partial charge on any atom is 0.255 e. The molecule has 3 heterocycles. The summed E-state index contributed by atoms with van der Waals surface area (Å²) < 4.78 is 5.54. The fraction of sp³-hybridized carbons (Fsp3) is 0.526. The Kier molecular flexibility index (Phi) is 5.20. The summed E-state index contributed by atoms with van der Waals surface area (Å²) in [5, 5.41) is 9.11. The first-order chi connectivity index (χ1) is 13.1. The van der Waals surface area contributed by atoms with Crippen LogP contribution in [0.1, 0.15) is 34.3 Å². The first kappa shape index (κ1) is 18.1. The minimum absolute atomic E-state index is 0.138. The molecule has 2 atom stereocenters. The Morgan fingerprint density at radius 3 is 3.00 bits per heavy atom. The van der Waals surface area contributed by atoms with Crippen LogP contribution in [0.5, 0.6) is 0 Å². The van der Waals surface area contributed by atoms with E-state index in [0.717, 1.165) is 30.8 Å². The van der Waals surface area contributed by atoms with E-state index in [1.165, 1.54) is 0 Å². The number of carbonyl (C=O) groups is 3. The summed E-state index contributed by atoms with van der Waals surface area (Å²) in [5.41, 5.74) is 2.60. The SMILES string of the molecule is O=C1CCC(N2Cc3ccc(CNC4CNCCOC4)cc3C2=O)C(=O)N1. The van der Waals surface area contributed by atoms with Gasteiger partial charge in [-0.1, -0.05) is 12.1 Å². The number of ether oxygens (including phenoxy) is 1. The summed E-state index contributed by atoms with van der Waals surface area (Å²) >= 11 is 0. The van der Waals surface area contributed by atoms with E-state index < -0.39 is 6.04 Å². The van der Waals surface area contributed by atoms with Crippen LogP contribution in [0.2, 0.25) is 0 Å². The highest BCUT2D eigenvalue weighted by molar-refractivity contribution is 6.05. The van der Waals surface area contributed by atoms with Crippen LogP contribution in [-0.2, 0) is 27.4 Å². The van der Waals surface area contributed by atoms with Gasteiger partial charge in [-0.2, -0.15) is 0 Å². The summed E-state index contributed by atoms with van der Waals surface area (Å²) in [6, 6.07) is 5.53. The Morgan fingerprint density at radius 2 is 2.15 bits per heavy atom. The van der Waals surface area contributed by atoms with Crippen LogP contribution < -0.4 is 16.0 Å². The molecule has 3 amide bonds. The van der Waals surface area contributed by atoms with Gasteiger partial charge in [0.2, 0.25) is 11.8 Å². The van der Waals surface area contributed by atoms with E-state index in [0.29, 0.717) is 31.7 Å². The minimum atomic E-state index is -0.571. The van der Waals surface area contributed by atoms with Crippen molar-refractivity contribution < 1.29 is 19.1 Å². The molecule has 2 fully saturated rings. The number of fused-ring (bicyclic) bond motifs is 1. The number of rotatable bonds is 4. The monoisotopic (exact) mass is 372 g/mol. The molecule has 1 aromatic rings. The first-order valence-corrected chi connectivity index (χ1v) is 9.40. The fourth-order valence-electron chi connectivity index (χ4n) is 3.81. The third-order valence-electron chi connectivity index (χ3n) is 5.32. The molecular weight excluding hydrogens is 348 g/mol. The van der Waals surface area contributed by atoms with Crippen molar-refractivity contribution in [3.63, 3.8) is 0 Å². The van der Waals surface area contributed by atoms with Gasteiger partial charge in [-0.05, 0) is 23.6 Å². The molecule has 0 bridgehead atoms. The summed E-state index contributed by atoms with van der Waals surface area (Å²) in [5.74, 6) is -0.790. The molecule has 2 unspecified atom stereocenters. The normalized spacial score (nSPS) is 25.9. The number of carbonyl (C=O) groups excluding carboxylic acids is 3. The lowest BCUT2D eigenvalue weighted by molar-refractivity contribution is -0.136. The zero-order valence-electron chi connectivity index (χ0n) is 15.1. The Hall–Kier alpha value is -2.29. The van der Waals surface area contributed by atoms with E-state index in [-0.39, 0.29) is 30.2 Å². The highest BCUT2D eigenvalue weighted by atomic mass is 16.5. The molecule has 27 heavy (non-hydrogen) atoms. The lowest BCUT2D eigenvalue weighted by Crippen LogP contribution is -2.52. The summed E-state index contributed by atoms with van der Waals surface area (Å²) in [7, 11) is 0. The largest absolute Gasteiger partial charge is 0.378 e. The molecule has 2 saturated heterocycles. The highest BCUT2D eigenvalue weighted by Gasteiger charge is 2.39. The van der Waals surface area contributed by atoms with Crippen molar-refractivity contribution >= 4 is 17.7 Å². The lowest BCUT2D eigenvalue weighted by Gasteiger charge is -2.29. The third kappa shape index (κ3) is 3.87. The Balaban J connectivity index is 1.42. The van der Waals surface area contributed by atoms with E-state index in [1.807, 2.05) is 18.2 Å². The molecule has 0 saturated carbocycles. The van der Waals surface area contributed by atoms with E-state index in [1.54, 1.807) is 4.90 Å². The van der Waals surface area contributed by atoms with Gasteiger partial charge in [0, 0.05) is 44.2 Å². The topological polar surface area (TPSA) is 99.8 Å².